The van der Waals surface area contributed by atoms with Crippen molar-refractivity contribution >= 4 is 25.5 Å². The molecule has 0 aliphatic rings. The highest BCUT2D eigenvalue weighted by atomic mass is 32.2. The van der Waals surface area contributed by atoms with E-state index in [1.54, 1.807) is 6.07 Å². The molecule has 19 heavy (non-hydrogen) atoms. The zero-order valence-electron chi connectivity index (χ0n) is 9.92. The molecule has 0 amide bonds. The van der Waals surface area contributed by atoms with Crippen LogP contribution in [0, 0.1) is 17.1 Å². The summed E-state index contributed by atoms with van der Waals surface area (Å²) in [5, 5.41) is 8.75. The lowest BCUT2D eigenvalue weighted by Crippen LogP contribution is -2.22. The largest absolute Gasteiger partial charge is 0.282 e. The molecule has 0 spiro atoms. The topological polar surface area (TPSA) is 104 Å². The third-order valence-corrected chi connectivity index (χ3v) is 4.57. The Kier molecular flexibility index (Phi) is 4.49. The van der Waals surface area contributed by atoms with Gasteiger partial charge in [-0.05, 0) is 18.2 Å². The lowest BCUT2D eigenvalue weighted by atomic mass is 10.2. The van der Waals surface area contributed by atoms with Crippen LogP contribution < -0.4 is 4.72 Å². The van der Waals surface area contributed by atoms with E-state index < -0.39 is 37.2 Å². The van der Waals surface area contributed by atoms with Gasteiger partial charge >= 0.3 is 0 Å². The summed E-state index contributed by atoms with van der Waals surface area (Å²) >= 11 is 0. The van der Waals surface area contributed by atoms with Crippen molar-refractivity contribution in [3.63, 3.8) is 0 Å². The van der Waals surface area contributed by atoms with Crippen LogP contribution in [0.1, 0.15) is 5.56 Å². The molecule has 0 atom stereocenters. The van der Waals surface area contributed by atoms with Crippen LogP contribution >= 0.6 is 0 Å². The second-order valence-corrected chi connectivity index (χ2v) is 7.95. The highest BCUT2D eigenvalue weighted by Crippen LogP contribution is 2.17. The van der Waals surface area contributed by atoms with Gasteiger partial charge < -0.3 is 0 Å². The Balaban J connectivity index is 2.94. The fraction of sp³-hybridized carbons (Fsp3) is 0.300. The second kappa shape index (κ2) is 5.54. The predicted octanol–water partition coefficient (Wildman–Crippen LogP) is 0.484. The number of hydrogen-bond acceptors (Lipinski definition) is 5. The van der Waals surface area contributed by atoms with Crippen molar-refractivity contribution in [3.05, 3.63) is 29.6 Å². The van der Waals surface area contributed by atoms with E-state index >= 15 is 0 Å². The summed E-state index contributed by atoms with van der Waals surface area (Å²) in [5.74, 6) is -1.84. The van der Waals surface area contributed by atoms with Crippen LogP contribution in [0.25, 0.3) is 0 Å². The van der Waals surface area contributed by atoms with Gasteiger partial charge in [-0.1, -0.05) is 0 Å². The number of nitrogens with one attached hydrogen (secondary N) is 1. The number of sulfone groups is 1. The number of benzene rings is 1. The van der Waals surface area contributed by atoms with Crippen molar-refractivity contribution in [1.82, 2.24) is 0 Å². The van der Waals surface area contributed by atoms with Gasteiger partial charge in [-0.3, -0.25) is 4.72 Å². The van der Waals surface area contributed by atoms with Crippen molar-refractivity contribution in [2.24, 2.45) is 0 Å². The lowest BCUT2D eigenvalue weighted by Gasteiger charge is -2.08. The van der Waals surface area contributed by atoms with Gasteiger partial charge in [-0.15, -0.1) is 0 Å². The first-order chi connectivity index (χ1) is 8.63. The van der Waals surface area contributed by atoms with E-state index in [1.807, 2.05) is 0 Å². The zero-order chi connectivity index (χ0) is 14.7. The Bertz CT molecular complexity index is 720. The molecule has 0 saturated carbocycles. The minimum atomic E-state index is -3.92. The third-order valence-electron chi connectivity index (χ3n) is 2.09. The summed E-state index contributed by atoms with van der Waals surface area (Å²) in [6.45, 7) is 0. The van der Waals surface area contributed by atoms with Gasteiger partial charge in [-0.2, -0.15) is 5.26 Å². The summed E-state index contributed by atoms with van der Waals surface area (Å²) in [6.07, 6.45) is 0.918. The molecule has 9 heteroatoms. The van der Waals surface area contributed by atoms with E-state index in [0.29, 0.717) is 0 Å². The Morgan fingerprint density at radius 2 is 1.89 bits per heavy atom. The lowest BCUT2D eigenvalue weighted by molar-refractivity contribution is 0.593. The van der Waals surface area contributed by atoms with E-state index in [-0.39, 0.29) is 11.3 Å². The van der Waals surface area contributed by atoms with Gasteiger partial charge in [0, 0.05) is 6.26 Å². The van der Waals surface area contributed by atoms with Crippen LogP contribution in [0.5, 0.6) is 0 Å². The van der Waals surface area contributed by atoms with Gasteiger partial charge in [0.15, 0.2) is 0 Å². The molecule has 0 saturated heterocycles. The molecule has 0 radical (unpaired) electrons. The molecule has 0 aliphatic carbocycles. The molecule has 0 heterocycles. The summed E-state index contributed by atoms with van der Waals surface area (Å²) in [7, 11) is -7.33. The first-order valence-corrected chi connectivity index (χ1v) is 8.72. The monoisotopic (exact) mass is 306 g/mol. The molecule has 1 rings (SSSR count). The summed E-state index contributed by atoms with van der Waals surface area (Å²) in [6, 6.07) is 4.63. The Morgan fingerprint density at radius 1 is 1.26 bits per heavy atom. The molecule has 0 unspecified atom stereocenters. The molecule has 6 nitrogen and oxygen atoms in total. The zero-order valence-corrected chi connectivity index (χ0v) is 11.6. The number of nitriles is 1. The van der Waals surface area contributed by atoms with Crippen molar-refractivity contribution in [2.75, 3.05) is 22.5 Å². The molecule has 0 fully saturated rings. The molecule has 1 aromatic rings. The van der Waals surface area contributed by atoms with E-state index in [1.165, 1.54) is 0 Å². The number of sulfonamides is 1. The van der Waals surface area contributed by atoms with Gasteiger partial charge in [0.2, 0.25) is 10.0 Å². The molecule has 0 aliphatic heterocycles. The standard InChI is InChI=1S/C10H11FN2O4S2/c1-18(14,15)4-5-19(16,17)13-10-3-2-9(11)6-8(10)7-12/h2-3,6,13H,4-5H2,1H3. The van der Waals surface area contributed by atoms with Crippen LogP contribution in [0.3, 0.4) is 0 Å². The van der Waals surface area contributed by atoms with Crippen LogP contribution in [-0.4, -0.2) is 34.6 Å². The fourth-order valence-electron chi connectivity index (χ4n) is 1.18. The highest BCUT2D eigenvalue weighted by Gasteiger charge is 2.16. The van der Waals surface area contributed by atoms with Crippen molar-refractivity contribution < 1.29 is 21.2 Å². The number of halogens is 1. The minimum absolute atomic E-state index is 0.0857. The molecular weight excluding hydrogens is 295 g/mol. The van der Waals surface area contributed by atoms with E-state index in [9.17, 15) is 21.2 Å². The normalized spacial score (nSPS) is 11.8. The SMILES string of the molecule is CS(=O)(=O)CCS(=O)(=O)Nc1ccc(F)cc1C#N. The molecule has 0 aromatic heterocycles. The van der Waals surface area contributed by atoms with E-state index in [0.717, 1.165) is 24.5 Å². The maximum atomic E-state index is 12.9. The molecule has 1 aromatic carbocycles. The smallest absolute Gasteiger partial charge is 0.233 e. The first-order valence-electron chi connectivity index (χ1n) is 5.01. The summed E-state index contributed by atoms with van der Waals surface area (Å²) in [4.78, 5) is 0. The van der Waals surface area contributed by atoms with E-state index in [4.69, 9.17) is 5.26 Å². The van der Waals surface area contributed by atoms with Gasteiger partial charge in [0.25, 0.3) is 0 Å². The summed E-state index contributed by atoms with van der Waals surface area (Å²) < 4.78 is 60.0. The maximum Gasteiger partial charge on any atom is 0.233 e. The highest BCUT2D eigenvalue weighted by molar-refractivity contribution is 7.95. The van der Waals surface area contributed by atoms with Gasteiger partial charge in [-0.25, -0.2) is 21.2 Å². The van der Waals surface area contributed by atoms with Crippen LogP contribution in [0.15, 0.2) is 18.2 Å². The van der Waals surface area contributed by atoms with Gasteiger partial charge in [0.1, 0.15) is 21.7 Å². The molecule has 104 valence electrons. The number of hydrogen-bond donors (Lipinski definition) is 1. The minimum Gasteiger partial charge on any atom is -0.282 e. The second-order valence-electron chi connectivity index (χ2n) is 3.85. The maximum absolute atomic E-state index is 12.9. The Morgan fingerprint density at radius 3 is 2.42 bits per heavy atom. The first kappa shape index (κ1) is 15.4. The van der Waals surface area contributed by atoms with Crippen LogP contribution in [0.4, 0.5) is 10.1 Å². The molecule has 0 bridgehead atoms. The number of rotatable bonds is 5. The summed E-state index contributed by atoms with van der Waals surface area (Å²) in [5.41, 5.74) is -0.264. The van der Waals surface area contributed by atoms with Crippen LogP contribution in [0.2, 0.25) is 0 Å². The predicted molar refractivity (Wildman–Crippen MR) is 68.2 cm³/mol. The van der Waals surface area contributed by atoms with Crippen molar-refractivity contribution in [1.29, 1.82) is 5.26 Å². The Labute approximate surface area is 110 Å². The van der Waals surface area contributed by atoms with E-state index in [2.05, 4.69) is 4.72 Å². The quantitative estimate of drug-likeness (QED) is 0.852. The third kappa shape index (κ3) is 5.23. The van der Waals surface area contributed by atoms with Crippen molar-refractivity contribution in [2.45, 2.75) is 0 Å². The van der Waals surface area contributed by atoms with Crippen molar-refractivity contribution in [3.8, 4) is 6.07 Å². The Hall–Kier alpha value is -1.66. The number of nitrogens with zero attached hydrogens (tertiary/aromatic N) is 1. The number of anilines is 1. The molecular formula is C10H11FN2O4S2. The van der Waals surface area contributed by atoms with Crippen LogP contribution in [-0.2, 0) is 19.9 Å². The average Bonchev–Trinajstić information content (AvgIpc) is 2.28. The fourth-order valence-corrected chi connectivity index (χ4v) is 3.88. The average molecular weight is 306 g/mol. The molecule has 1 N–H and O–H groups in total. The van der Waals surface area contributed by atoms with Gasteiger partial charge in [0.05, 0.1) is 22.8 Å².